The van der Waals surface area contributed by atoms with E-state index in [-0.39, 0.29) is 12.8 Å². The highest BCUT2D eigenvalue weighted by Crippen LogP contribution is 2.01. The molecule has 0 radical (unpaired) electrons. The lowest BCUT2D eigenvalue weighted by Gasteiger charge is -2.06. The molecular weight excluding hydrogens is 168 g/mol. The molecule has 0 saturated carbocycles. The van der Waals surface area contributed by atoms with E-state index in [1.165, 1.54) is 0 Å². The van der Waals surface area contributed by atoms with Crippen molar-refractivity contribution in [2.75, 3.05) is 0 Å². The summed E-state index contributed by atoms with van der Waals surface area (Å²) in [6, 6.07) is 0. The van der Waals surface area contributed by atoms with E-state index >= 15 is 0 Å². The van der Waals surface area contributed by atoms with E-state index in [1.807, 2.05) is 0 Å². The number of carbonyl (C=O) groups is 2. The van der Waals surface area contributed by atoms with Crippen LogP contribution in [-0.4, -0.2) is 44.6 Å². The van der Waals surface area contributed by atoms with Crippen molar-refractivity contribution in [1.82, 2.24) is 0 Å². The minimum atomic E-state index is -1.61. The SMILES string of the molecule is O=C(O)[C@H](O)CC[C@H](O)C(=O)O. The zero-order valence-corrected chi connectivity index (χ0v) is 6.17. The van der Waals surface area contributed by atoms with Crippen molar-refractivity contribution in [3.63, 3.8) is 0 Å². The zero-order valence-electron chi connectivity index (χ0n) is 6.17. The third-order valence-corrected chi connectivity index (χ3v) is 1.28. The van der Waals surface area contributed by atoms with Gasteiger partial charge in [0, 0.05) is 0 Å². The maximum Gasteiger partial charge on any atom is 0.332 e. The van der Waals surface area contributed by atoms with Crippen LogP contribution in [0.25, 0.3) is 0 Å². The first-order valence-corrected chi connectivity index (χ1v) is 3.27. The van der Waals surface area contributed by atoms with Gasteiger partial charge in [-0.3, -0.25) is 0 Å². The quantitative estimate of drug-likeness (QED) is 0.414. The molecule has 12 heavy (non-hydrogen) atoms. The summed E-state index contributed by atoms with van der Waals surface area (Å²) >= 11 is 0. The molecule has 0 amide bonds. The Hall–Kier alpha value is -1.14. The third kappa shape index (κ3) is 3.89. The Morgan fingerprint density at radius 1 is 0.917 bits per heavy atom. The van der Waals surface area contributed by atoms with Gasteiger partial charge in [0.15, 0.2) is 12.2 Å². The number of aliphatic hydroxyl groups is 2. The van der Waals surface area contributed by atoms with Crippen LogP contribution in [0, 0.1) is 0 Å². The van der Waals surface area contributed by atoms with Crippen LogP contribution in [0.2, 0.25) is 0 Å². The summed E-state index contributed by atoms with van der Waals surface area (Å²) in [5, 5.41) is 33.6. The third-order valence-electron chi connectivity index (χ3n) is 1.28. The fraction of sp³-hybridized carbons (Fsp3) is 0.667. The number of aliphatic hydroxyl groups excluding tert-OH is 2. The molecule has 0 aromatic heterocycles. The van der Waals surface area contributed by atoms with Gasteiger partial charge in [-0.05, 0) is 12.8 Å². The number of hydrogen-bond acceptors (Lipinski definition) is 4. The molecule has 0 unspecified atom stereocenters. The van der Waals surface area contributed by atoms with Crippen molar-refractivity contribution >= 4 is 11.9 Å². The van der Waals surface area contributed by atoms with Crippen molar-refractivity contribution in [3.8, 4) is 0 Å². The van der Waals surface area contributed by atoms with Crippen molar-refractivity contribution in [2.45, 2.75) is 25.0 Å². The normalized spacial score (nSPS) is 15.2. The summed E-state index contributed by atoms with van der Waals surface area (Å²) in [6.45, 7) is 0. The molecule has 4 N–H and O–H groups in total. The molecule has 0 rings (SSSR count). The lowest BCUT2D eigenvalue weighted by molar-refractivity contribution is -0.151. The van der Waals surface area contributed by atoms with Crippen molar-refractivity contribution in [2.24, 2.45) is 0 Å². The number of rotatable bonds is 5. The van der Waals surface area contributed by atoms with Gasteiger partial charge in [-0.15, -0.1) is 0 Å². The van der Waals surface area contributed by atoms with Gasteiger partial charge < -0.3 is 20.4 Å². The molecule has 0 aromatic carbocycles. The molecule has 6 nitrogen and oxygen atoms in total. The first kappa shape index (κ1) is 10.9. The first-order valence-electron chi connectivity index (χ1n) is 3.27. The predicted molar refractivity (Wildman–Crippen MR) is 36.5 cm³/mol. The number of hydrogen-bond donors (Lipinski definition) is 4. The summed E-state index contributed by atoms with van der Waals surface area (Å²) in [5.74, 6) is -2.85. The van der Waals surface area contributed by atoms with E-state index in [2.05, 4.69) is 0 Å². The highest BCUT2D eigenvalue weighted by molar-refractivity contribution is 5.73. The van der Waals surface area contributed by atoms with Crippen LogP contribution < -0.4 is 0 Å². The van der Waals surface area contributed by atoms with E-state index in [1.54, 1.807) is 0 Å². The van der Waals surface area contributed by atoms with Gasteiger partial charge >= 0.3 is 11.9 Å². The van der Waals surface area contributed by atoms with Gasteiger partial charge in [0.25, 0.3) is 0 Å². The predicted octanol–water partition coefficient (Wildman–Crippen LogP) is -1.34. The second kappa shape index (κ2) is 4.68. The van der Waals surface area contributed by atoms with Gasteiger partial charge in [-0.1, -0.05) is 0 Å². The largest absolute Gasteiger partial charge is 0.479 e. The van der Waals surface area contributed by atoms with Crippen LogP contribution in [0.5, 0.6) is 0 Å². The summed E-state index contributed by atoms with van der Waals surface area (Å²) in [7, 11) is 0. The van der Waals surface area contributed by atoms with Crippen LogP contribution in [0.4, 0.5) is 0 Å². The molecule has 70 valence electrons. The van der Waals surface area contributed by atoms with Gasteiger partial charge in [0.1, 0.15) is 0 Å². The van der Waals surface area contributed by atoms with E-state index in [4.69, 9.17) is 20.4 Å². The molecule has 0 bridgehead atoms. The molecule has 0 aromatic rings. The minimum absolute atomic E-state index is 0.275. The Morgan fingerprint density at radius 3 is 1.33 bits per heavy atom. The number of carboxylic acid groups (broad SMARTS) is 2. The molecule has 0 saturated heterocycles. The van der Waals surface area contributed by atoms with E-state index < -0.39 is 24.1 Å². The van der Waals surface area contributed by atoms with Gasteiger partial charge in [-0.2, -0.15) is 0 Å². The average molecular weight is 178 g/mol. The maximum absolute atomic E-state index is 10.0. The summed E-state index contributed by atoms with van der Waals surface area (Å²) in [5.41, 5.74) is 0. The smallest absolute Gasteiger partial charge is 0.332 e. The fourth-order valence-corrected chi connectivity index (χ4v) is 0.563. The molecular formula is C6H10O6. The second-order valence-corrected chi connectivity index (χ2v) is 2.29. The molecule has 0 aliphatic rings. The van der Waals surface area contributed by atoms with Crippen LogP contribution in [0.3, 0.4) is 0 Å². The lowest BCUT2D eigenvalue weighted by atomic mass is 10.1. The average Bonchev–Trinajstić information content (AvgIpc) is 1.98. The minimum Gasteiger partial charge on any atom is -0.479 e. The first-order chi connectivity index (χ1) is 5.45. The van der Waals surface area contributed by atoms with Crippen molar-refractivity contribution < 1.29 is 30.0 Å². The van der Waals surface area contributed by atoms with Crippen LogP contribution in [0.1, 0.15) is 12.8 Å². The molecule has 0 spiro atoms. The maximum atomic E-state index is 10.0. The number of aliphatic carboxylic acids is 2. The Labute approximate surface area is 68.1 Å². The summed E-state index contributed by atoms with van der Waals surface area (Å²) in [6.07, 6.45) is -3.77. The van der Waals surface area contributed by atoms with E-state index in [0.717, 1.165) is 0 Å². The van der Waals surface area contributed by atoms with Crippen molar-refractivity contribution in [3.05, 3.63) is 0 Å². The molecule has 2 atom stereocenters. The fourth-order valence-electron chi connectivity index (χ4n) is 0.563. The highest BCUT2D eigenvalue weighted by atomic mass is 16.4. The Kier molecular flexibility index (Phi) is 4.24. The molecule has 0 fully saturated rings. The van der Waals surface area contributed by atoms with Crippen LogP contribution in [-0.2, 0) is 9.59 Å². The summed E-state index contributed by atoms with van der Waals surface area (Å²) in [4.78, 5) is 20.0. The number of carboxylic acids is 2. The Morgan fingerprint density at radius 2 is 1.17 bits per heavy atom. The molecule has 0 aliphatic carbocycles. The van der Waals surface area contributed by atoms with Crippen molar-refractivity contribution in [1.29, 1.82) is 0 Å². The Bertz CT molecular complexity index is 157. The van der Waals surface area contributed by atoms with E-state index in [0.29, 0.717) is 0 Å². The highest BCUT2D eigenvalue weighted by Gasteiger charge is 2.18. The second-order valence-electron chi connectivity index (χ2n) is 2.29. The molecule has 6 heteroatoms. The molecule has 0 aliphatic heterocycles. The zero-order chi connectivity index (χ0) is 9.72. The van der Waals surface area contributed by atoms with Gasteiger partial charge in [0.2, 0.25) is 0 Å². The van der Waals surface area contributed by atoms with Gasteiger partial charge in [0.05, 0.1) is 0 Å². The summed E-state index contributed by atoms with van der Waals surface area (Å²) < 4.78 is 0. The van der Waals surface area contributed by atoms with Crippen LogP contribution in [0.15, 0.2) is 0 Å². The monoisotopic (exact) mass is 178 g/mol. The van der Waals surface area contributed by atoms with E-state index in [9.17, 15) is 9.59 Å². The molecule has 0 heterocycles. The lowest BCUT2D eigenvalue weighted by Crippen LogP contribution is -2.25. The topological polar surface area (TPSA) is 115 Å². The Balaban J connectivity index is 3.68. The van der Waals surface area contributed by atoms with Gasteiger partial charge in [-0.25, -0.2) is 9.59 Å². The van der Waals surface area contributed by atoms with Crippen LogP contribution >= 0.6 is 0 Å². The standard InChI is InChI=1S/C6H10O6/c7-3(5(9)10)1-2-4(8)6(11)12/h3-4,7-8H,1-2H2,(H,9,10)(H,11,12)/t3-,4+.